The van der Waals surface area contributed by atoms with Crippen LogP contribution in [0.15, 0.2) is 36.4 Å². The maximum atomic E-state index is 5.73. The SMILES string of the molecule is C=C(CNC(C)C)COc1ccc(C(C)(C)C)cc1. The summed E-state index contributed by atoms with van der Waals surface area (Å²) in [4.78, 5) is 0. The quantitative estimate of drug-likeness (QED) is 0.784. The van der Waals surface area contributed by atoms with Gasteiger partial charge < -0.3 is 10.1 Å². The van der Waals surface area contributed by atoms with Gasteiger partial charge in [-0.25, -0.2) is 0 Å². The standard InChI is InChI=1S/C17H27NO/c1-13(2)18-11-14(3)12-19-16-9-7-15(8-10-16)17(4,5)6/h7-10,13,18H,3,11-12H2,1-2,4-6H3. The molecule has 0 saturated heterocycles. The second-order valence-electron chi connectivity index (χ2n) is 6.35. The summed E-state index contributed by atoms with van der Waals surface area (Å²) in [5.74, 6) is 0.902. The Balaban J connectivity index is 2.44. The molecule has 2 heteroatoms. The fourth-order valence-electron chi connectivity index (χ4n) is 1.64. The molecule has 0 aliphatic heterocycles. The van der Waals surface area contributed by atoms with Crippen molar-refractivity contribution in [1.82, 2.24) is 5.32 Å². The molecule has 0 atom stereocenters. The molecule has 0 radical (unpaired) electrons. The first-order valence-corrected chi connectivity index (χ1v) is 6.92. The third-order valence-electron chi connectivity index (χ3n) is 2.92. The van der Waals surface area contributed by atoms with Gasteiger partial charge in [0.25, 0.3) is 0 Å². The summed E-state index contributed by atoms with van der Waals surface area (Å²) < 4.78 is 5.73. The lowest BCUT2D eigenvalue weighted by molar-refractivity contribution is 0.347. The topological polar surface area (TPSA) is 21.3 Å². The minimum atomic E-state index is 0.184. The van der Waals surface area contributed by atoms with Crippen LogP contribution >= 0.6 is 0 Å². The van der Waals surface area contributed by atoms with Crippen LogP contribution in [0.4, 0.5) is 0 Å². The first-order valence-electron chi connectivity index (χ1n) is 6.92. The van der Waals surface area contributed by atoms with E-state index in [2.05, 4.69) is 58.6 Å². The maximum Gasteiger partial charge on any atom is 0.119 e. The van der Waals surface area contributed by atoms with Crippen LogP contribution in [0.5, 0.6) is 5.75 Å². The molecular formula is C17H27NO. The highest BCUT2D eigenvalue weighted by Gasteiger charge is 2.12. The van der Waals surface area contributed by atoms with Crippen LogP contribution in [0.25, 0.3) is 0 Å². The molecule has 1 rings (SSSR count). The van der Waals surface area contributed by atoms with E-state index < -0.39 is 0 Å². The van der Waals surface area contributed by atoms with Crippen molar-refractivity contribution in [2.75, 3.05) is 13.2 Å². The van der Waals surface area contributed by atoms with Gasteiger partial charge in [0.15, 0.2) is 0 Å². The minimum absolute atomic E-state index is 0.184. The Labute approximate surface area is 117 Å². The molecule has 0 saturated carbocycles. The van der Waals surface area contributed by atoms with Crippen molar-refractivity contribution in [3.05, 3.63) is 42.0 Å². The van der Waals surface area contributed by atoms with Gasteiger partial charge in [-0.15, -0.1) is 0 Å². The average molecular weight is 261 g/mol. The zero-order valence-corrected chi connectivity index (χ0v) is 12.9. The molecule has 0 aliphatic carbocycles. The number of ether oxygens (including phenoxy) is 1. The van der Waals surface area contributed by atoms with Gasteiger partial charge in [-0.1, -0.05) is 53.3 Å². The lowest BCUT2D eigenvalue weighted by Gasteiger charge is -2.19. The highest BCUT2D eigenvalue weighted by molar-refractivity contribution is 5.31. The predicted octanol–water partition coefficient (Wildman–Crippen LogP) is 3.92. The van der Waals surface area contributed by atoms with Gasteiger partial charge in [0.05, 0.1) is 0 Å². The molecule has 1 aromatic carbocycles. The summed E-state index contributed by atoms with van der Waals surface area (Å²) in [7, 11) is 0. The molecule has 1 aromatic rings. The summed E-state index contributed by atoms with van der Waals surface area (Å²) in [6.07, 6.45) is 0. The van der Waals surface area contributed by atoms with E-state index in [-0.39, 0.29) is 5.41 Å². The van der Waals surface area contributed by atoms with E-state index in [9.17, 15) is 0 Å². The van der Waals surface area contributed by atoms with Crippen molar-refractivity contribution in [2.45, 2.75) is 46.1 Å². The van der Waals surface area contributed by atoms with Gasteiger partial charge >= 0.3 is 0 Å². The Kier molecular flexibility index (Phi) is 5.61. The number of nitrogens with one attached hydrogen (secondary N) is 1. The molecule has 0 heterocycles. The molecule has 0 aliphatic rings. The van der Waals surface area contributed by atoms with Crippen LogP contribution in [0.2, 0.25) is 0 Å². The molecule has 0 fully saturated rings. The second kappa shape index (κ2) is 6.76. The number of rotatable bonds is 6. The fraction of sp³-hybridized carbons (Fsp3) is 0.529. The highest BCUT2D eigenvalue weighted by Crippen LogP contribution is 2.24. The molecule has 106 valence electrons. The van der Waals surface area contributed by atoms with Gasteiger partial charge in [-0.05, 0) is 28.7 Å². The Morgan fingerprint density at radius 3 is 2.26 bits per heavy atom. The third-order valence-corrected chi connectivity index (χ3v) is 2.92. The van der Waals surface area contributed by atoms with Crippen molar-refractivity contribution in [1.29, 1.82) is 0 Å². The first-order chi connectivity index (χ1) is 8.79. The van der Waals surface area contributed by atoms with E-state index in [1.807, 2.05) is 12.1 Å². The van der Waals surface area contributed by atoms with E-state index in [0.717, 1.165) is 17.9 Å². The number of hydrogen-bond acceptors (Lipinski definition) is 2. The van der Waals surface area contributed by atoms with Gasteiger partial charge in [-0.3, -0.25) is 0 Å². The molecular weight excluding hydrogens is 234 g/mol. The smallest absolute Gasteiger partial charge is 0.119 e. The van der Waals surface area contributed by atoms with Crippen molar-refractivity contribution in [3.63, 3.8) is 0 Å². The van der Waals surface area contributed by atoms with Gasteiger partial charge in [0, 0.05) is 12.6 Å². The summed E-state index contributed by atoms with van der Waals surface area (Å²) >= 11 is 0. The predicted molar refractivity (Wildman–Crippen MR) is 82.9 cm³/mol. The van der Waals surface area contributed by atoms with Crippen molar-refractivity contribution < 1.29 is 4.74 Å². The van der Waals surface area contributed by atoms with E-state index in [0.29, 0.717) is 12.6 Å². The molecule has 0 bridgehead atoms. The summed E-state index contributed by atoms with van der Waals surface area (Å²) in [6.45, 7) is 16.3. The average Bonchev–Trinajstić information content (AvgIpc) is 2.33. The van der Waals surface area contributed by atoms with Gasteiger partial charge in [-0.2, -0.15) is 0 Å². The molecule has 0 amide bonds. The lowest BCUT2D eigenvalue weighted by atomic mass is 9.87. The molecule has 19 heavy (non-hydrogen) atoms. The summed E-state index contributed by atoms with van der Waals surface area (Å²) in [5.41, 5.74) is 2.57. The van der Waals surface area contributed by atoms with Crippen LogP contribution in [0.1, 0.15) is 40.2 Å². The van der Waals surface area contributed by atoms with Crippen LogP contribution in [0.3, 0.4) is 0 Å². The zero-order chi connectivity index (χ0) is 14.5. The normalized spacial score (nSPS) is 11.7. The molecule has 2 nitrogen and oxygen atoms in total. The van der Waals surface area contributed by atoms with Crippen LogP contribution in [-0.4, -0.2) is 19.2 Å². The fourth-order valence-corrected chi connectivity index (χ4v) is 1.64. The number of benzene rings is 1. The third kappa shape index (κ3) is 5.93. The van der Waals surface area contributed by atoms with Crippen LogP contribution < -0.4 is 10.1 Å². The lowest BCUT2D eigenvalue weighted by Crippen LogP contribution is -2.26. The first kappa shape index (κ1) is 15.8. The van der Waals surface area contributed by atoms with Crippen molar-refractivity contribution >= 4 is 0 Å². The van der Waals surface area contributed by atoms with Gasteiger partial charge in [0.1, 0.15) is 12.4 Å². The molecule has 0 spiro atoms. The molecule has 0 aromatic heterocycles. The Morgan fingerprint density at radius 1 is 1.21 bits per heavy atom. The molecule has 1 N–H and O–H groups in total. The van der Waals surface area contributed by atoms with Crippen LogP contribution in [-0.2, 0) is 5.41 Å². The Bertz CT molecular complexity index is 398. The van der Waals surface area contributed by atoms with Crippen LogP contribution in [0, 0.1) is 0 Å². The van der Waals surface area contributed by atoms with E-state index in [1.165, 1.54) is 5.56 Å². The summed E-state index contributed by atoms with van der Waals surface area (Å²) in [6, 6.07) is 8.80. The van der Waals surface area contributed by atoms with Crippen molar-refractivity contribution in [2.24, 2.45) is 0 Å². The largest absolute Gasteiger partial charge is 0.489 e. The monoisotopic (exact) mass is 261 g/mol. The van der Waals surface area contributed by atoms with E-state index in [1.54, 1.807) is 0 Å². The maximum absolute atomic E-state index is 5.73. The summed E-state index contributed by atoms with van der Waals surface area (Å²) in [5, 5.41) is 3.33. The van der Waals surface area contributed by atoms with Gasteiger partial charge in [0.2, 0.25) is 0 Å². The Morgan fingerprint density at radius 2 is 1.79 bits per heavy atom. The molecule has 0 unspecified atom stereocenters. The van der Waals surface area contributed by atoms with Crippen molar-refractivity contribution in [3.8, 4) is 5.75 Å². The highest BCUT2D eigenvalue weighted by atomic mass is 16.5. The minimum Gasteiger partial charge on any atom is -0.489 e. The second-order valence-corrected chi connectivity index (χ2v) is 6.35. The Hall–Kier alpha value is -1.28. The van der Waals surface area contributed by atoms with E-state index >= 15 is 0 Å². The zero-order valence-electron chi connectivity index (χ0n) is 12.9. The van der Waals surface area contributed by atoms with E-state index in [4.69, 9.17) is 4.74 Å². The number of hydrogen-bond donors (Lipinski definition) is 1.